The number of ether oxygens (including phenoxy) is 1. The minimum atomic E-state index is 0.0934. The van der Waals surface area contributed by atoms with Gasteiger partial charge in [0.05, 0.1) is 12.7 Å². The first-order valence-corrected chi connectivity index (χ1v) is 9.14. The number of nitrogens with zero attached hydrogens (tertiary/aromatic N) is 2. The van der Waals surface area contributed by atoms with E-state index in [1.165, 1.54) is 11.1 Å². The van der Waals surface area contributed by atoms with E-state index in [1.807, 2.05) is 36.4 Å². The monoisotopic (exact) mass is 349 g/mol. The molecule has 0 bridgehead atoms. The van der Waals surface area contributed by atoms with E-state index in [1.54, 1.807) is 0 Å². The van der Waals surface area contributed by atoms with Crippen molar-refractivity contribution in [2.75, 3.05) is 6.67 Å². The Labute approximate surface area is 156 Å². The fourth-order valence-electron chi connectivity index (χ4n) is 2.76. The lowest BCUT2D eigenvalue weighted by Gasteiger charge is -2.29. The molecule has 0 aromatic heterocycles. The molecule has 4 nitrogen and oxygen atoms in total. The zero-order valence-corrected chi connectivity index (χ0v) is 15.7. The van der Waals surface area contributed by atoms with Crippen LogP contribution in [0.25, 0.3) is 0 Å². The first-order valence-electron chi connectivity index (χ1n) is 9.14. The van der Waals surface area contributed by atoms with Gasteiger partial charge in [0.25, 0.3) is 0 Å². The lowest BCUT2D eigenvalue weighted by molar-refractivity contribution is 0.300. The molecule has 0 unspecified atom stereocenters. The standard InChI is InChI=1S/C22H27N3O/c1-17(2)25-14-13-22(23-16-25)24-18(3)20-9-11-21(12-10-20)26-15-19-7-5-4-6-8-19/h4-14,17-18H,15-16H2,1-3H3,(H,23,24)/t18-/m0/s1. The molecule has 1 heterocycles. The van der Waals surface area contributed by atoms with Gasteiger partial charge in [-0.05, 0) is 50.1 Å². The van der Waals surface area contributed by atoms with Crippen molar-refractivity contribution < 1.29 is 4.74 Å². The van der Waals surface area contributed by atoms with Crippen LogP contribution in [0.5, 0.6) is 5.75 Å². The van der Waals surface area contributed by atoms with E-state index in [0.717, 1.165) is 18.3 Å². The summed E-state index contributed by atoms with van der Waals surface area (Å²) in [5.41, 5.74) is 2.34. The SMILES string of the molecule is CC(C)N1C=CC(=N[C@@H](C)c2ccc(OCc3ccccc3)cc2)NC1. The molecule has 0 aliphatic carbocycles. The van der Waals surface area contributed by atoms with Gasteiger partial charge in [-0.2, -0.15) is 0 Å². The third kappa shape index (κ3) is 4.88. The van der Waals surface area contributed by atoms with Crippen LogP contribution in [0.1, 0.15) is 37.9 Å². The van der Waals surface area contributed by atoms with Gasteiger partial charge in [-0.15, -0.1) is 0 Å². The third-order valence-electron chi connectivity index (χ3n) is 4.47. The largest absolute Gasteiger partial charge is 0.489 e. The van der Waals surface area contributed by atoms with Crippen molar-refractivity contribution in [1.29, 1.82) is 0 Å². The van der Waals surface area contributed by atoms with Crippen LogP contribution >= 0.6 is 0 Å². The first kappa shape index (κ1) is 18.1. The van der Waals surface area contributed by atoms with Crippen LogP contribution in [0.3, 0.4) is 0 Å². The van der Waals surface area contributed by atoms with Crippen molar-refractivity contribution in [3.63, 3.8) is 0 Å². The Balaban J connectivity index is 1.58. The van der Waals surface area contributed by atoms with E-state index in [4.69, 9.17) is 9.73 Å². The first-order chi connectivity index (χ1) is 12.6. The van der Waals surface area contributed by atoms with Crippen LogP contribution in [0.15, 0.2) is 71.9 Å². The average Bonchev–Trinajstić information content (AvgIpc) is 2.68. The van der Waals surface area contributed by atoms with Gasteiger partial charge in [0.2, 0.25) is 0 Å². The second-order valence-electron chi connectivity index (χ2n) is 6.79. The van der Waals surface area contributed by atoms with E-state index in [-0.39, 0.29) is 6.04 Å². The molecule has 0 radical (unpaired) electrons. The second kappa shape index (κ2) is 8.56. The summed E-state index contributed by atoms with van der Waals surface area (Å²) in [6.07, 6.45) is 4.14. The van der Waals surface area contributed by atoms with Crippen LogP contribution in [0, 0.1) is 0 Å². The Hall–Kier alpha value is -2.75. The van der Waals surface area contributed by atoms with Gasteiger partial charge in [0.1, 0.15) is 18.2 Å². The maximum Gasteiger partial charge on any atom is 0.124 e. The van der Waals surface area contributed by atoms with Crippen molar-refractivity contribution in [2.24, 2.45) is 4.99 Å². The summed E-state index contributed by atoms with van der Waals surface area (Å²) in [5.74, 6) is 1.81. The number of nitrogens with one attached hydrogen (secondary N) is 1. The Morgan fingerprint density at radius 1 is 1.04 bits per heavy atom. The minimum Gasteiger partial charge on any atom is -0.489 e. The molecule has 0 saturated carbocycles. The predicted octanol–water partition coefficient (Wildman–Crippen LogP) is 4.51. The number of hydrogen-bond donors (Lipinski definition) is 1. The molecule has 0 amide bonds. The van der Waals surface area contributed by atoms with Crippen LogP contribution in [0.4, 0.5) is 0 Å². The van der Waals surface area contributed by atoms with Gasteiger partial charge in [-0.25, -0.2) is 0 Å². The fourth-order valence-corrected chi connectivity index (χ4v) is 2.76. The highest BCUT2D eigenvalue weighted by Crippen LogP contribution is 2.21. The van der Waals surface area contributed by atoms with Crippen molar-refractivity contribution in [3.8, 4) is 5.75 Å². The molecule has 0 saturated heterocycles. The molecule has 3 rings (SSSR count). The molecule has 2 aromatic carbocycles. The van der Waals surface area contributed by atoms with E-state index in [0.29, 0.717) is 12.6 Å². The summed E-state index contributed by atoms with van der Waals surface area (Å²) in [7, 11) is 0. The molecule has 4 heteroatoms. The Kier molecular flexibility index (Phi) is 5.95. The smallest absolute Gasteiger partial charge is 0.124 e. The van der Waals surface area contributed by atoms with Crippen molar-refractivity contribution in [2.45, 2.75) is 39.5 Å². The number of aliphatic imine (C=N–C) groups is 1. The molecule has 136 valence electrons. The van der Waals surface area contributed by atoms with Crippen molar-refractivity contribution in [1.82, 2.24) is 10.2 Å². The molecule has 0 spiro atoms. The van der Waals surface area contributed by atoms with E-state index >= 15 is 0 Å². The zero-order chi connectivity index (χ0) is 18.4. The normalized spacial score (nSPS) is 16.6. The number of benzene rings is 2. The highest BCUT2D eigenvalue weighted by Gasteiger charge is 2.11. The van der Waals surface area contributed by atoms with Crippen LogP contribution in [-0.4, -0.2) is 23.4 Å². The number of amidine groups is 1. The van der Waals surface area contributed by atoms with Gasteiger partial charge < -0.3 is 15.0 Å². The summed E-state index contributed by atoms with van der Waals surface area (Å²) in [4.78, 5) is 7.01. The van der Waals surface area contributed by atoms with E-state index in [2.05, 4.69) is 61.5 Å². The van der Waals surface area contributed by atoms with Gasteiger partial charge in [-0.3, -0.25) is 4.99 Å². The minimum absolute atomic E-state index is 0.0934. The zero-order valence-electron chi connectivity index (χ0n) is 15.7. The summed E-state index contributed by atoms with van der Waals surface area (Å²) in [5, 5.41) is 3.37. The van der Waals surface area contributed by atoms with Gasteiger partial charge in [-0.1, -0.05) is 42.5 Å². The quantitative estimate of drug-likeness (QED) is 0.834. The van der Waals surface area contributed by atoms with Crippen molar-refractivity contribution in [3.05, 3.63) is 78.0 Å². The van der Waals surface area contributed by atoms with Crippen molar-refractivity contribution >= 4 is 5.84 Å². The average molecular weight is 349 g/mol. The third-order valence-corrected chi connectivity index (χ3v) is 4.47. The van der Waals surface area contributed by atoms with Crippen LogP contribution in [0.2, 0.25) is 0 Å². The summed E-state index contributed by atoms with van der Waals surface area (Å²) in [6.45, 7) is 7.85. The maximum atomic E-state index is 5.85. The fraction of sp³-hybridized carbons (Fsp3) is 0.318. The highest BCUT2D eigenvalue weighted by molar-refractivity contribution is 5.93. The summed E-state index contributed by atoms with van der Waals surface area (Å²) < 4.78 is 5.85. The molecular weight excluding hydrogens is 322 g/mol. The summed E-state index contributed by atoms with van der Waals surface area (Å²) in [6, 6.07) is 19.0. The predicted molar refractivity (Wildman–Crippen MR) is 107 cm³/mol. The molecular formula is C22H27N3O. The molecule has 1 N–H and O–H groups in total. The van der Waals surface area contributed by atoms with Gasteiger partial charge in [0.15, 0.2) is 0 Å². The van der Waals surface area contributed by atoms with Crippen LogP contribution in [-0.2, 0) is 6.61 Å². The number of hydrogen-bond acceptors (Lipinski definition) is 3. The molecule has 1 aliphatic rings. The lowest BCUT2D eigenvalue weighted by Crippen LogP contribution is -2.41. The maximum absolute atomic E-state index is 5.85. The Bertz CT molecular complexity index is 751. The van der Waals surface area contributed by atoms with Gasteiger partial charge >= 0.3 is 0 Å². The topological polar surface area (TPSA) is 36.9 Å². The molecule has 2 aromatic rings. The Morgan fingerprint density at radius 2 is 1.77 bits per heavy atom. The molecule has 0 fully saturated rings. The molecule has 1 aliphatic heterocycles. The van der Waals surface area contributed by atoms with Gasteiger partial charge in [0, 0.05) is 12.2 Å². The summed E-state index contributed by atoms with van der Waals surface area (Å²) >= 11 is 0. The molecule has 1 atom stereocenters. The highest BCUT2D eigenvalue weighted by atomic mass is 16.5. The Morgan fingerprint density at radius 3 is 2.38 bits per heavy atom. The van der Waals surface area contributed by atoms with E-state index in [9.17, 15) is 0 Å². The number of rotatable bonds is 6. The van der Waals surface area contributed by atoms with E-state index < -0.39 is 0 Å². The lowest BCUT2D eigenvalue weighted by atomic mass is 10.1. The van der Waals surface area contributed by atoms with Crippen LogP contribution < -0.4 is 10.1 Å². The second-order valence-corrected chi connectivity index (χ2v) is 6.79. The molecule has 26 heavy (non-hydrogen) atoms.